The molecule has 0 aromatic carbocycles. The lowest BCUT2D eigenvalue weighted by Gasteiger charge is -2.08. The van der Waals surface area contributed by atoms with Crippen LogP contribution in [-0.4, -0.2) is 12.1 Å². The molecule has 14 heavy (non-hydrogen) atoms. The summed E-state index contributed by atoms with van der Waals surface area (Å²) < 4.78 is 42.1. The van der Waals surface area contributed by atoms with Gasteiger partial charge in [-0.2, -0.15) is 0 Å². The van der Waals surface area contributed by atoms with Crippen LogP contribution in [0.3, 0.4) is 0 Å². The van der Waals surface area contributed by atoms with Crippen LogP contribution >= 0.6 is 11.6 Å². The fourth-order valence-corrected chi connectivity index (χ4v) is 1.18. The lowest BCUT2D eigenvalue weighted by atomic mass is 10.2. The van der Waals surface area contributed by atoms with Gasteiger partial charge >= 0.3 is 0 Å². The van der Waals surface area contributed by atoms with Crippen molar-refractivity contribution in [2.45, 2.75) is 12.3 Å². The Balaban J connectivity index is 3.24. The van der Waals surface area contributed by atoms with Crippen molar-refractivity contribution >= 4 is 11.6 Å². The van der Waals surface area contributed by atoms with Crippen molar-refractivity contribution in [1.29, 1.82) is 0 Å². The van der Waals surface area contributed by atoms with E-state index in [9.17, 15) is 13.2 Å². The van der Waals surface area contributed by atoms with Gasteiger partial charge in [-0.25, -0.2) is 18.2 Å². The first-order valence-corrected chi connectivity index (χ1v) is 4.21. The molecule has 0 radical (unpaired) electrons. The minimum absolute atomic E-state index is 0.0152. The number of hydrogen-bond acceptors (Lipinski definition) is 2. The summed E-state index contributed by atoms with van der Waals surface area (Å²) in [5.74, 6) is -1.21. The highest BCUT2D eigenvalue weighted by atomic mass is 35.5. The highest BCUT2D eigenvalue weighted by molar-refractivity contribution is 6.17. The number of hydrogen-bond donors (Lipinski definition) is 0. The lowest BCUT2D eigenvalue weighted by molar-refractivity contribution is 0.144. The minimum atomic E-state index is -2.83. The molecule has 0 aliphatic carbocycles. The molecule has 0 saturated carbocycles. The SMILES string of the molecule is COc1nc(C(F)F)cc(F)c1CCl. The second-order valence-corrected chi connectivity index (χ2v) is 2.72. The quantitative estimate of drug-likeness (QED) is 0.738. The number of ether oxygens (including phenoxy) is 1. The van der Waals surface area contributed by atoms with Crippen LogP contribution in [0.1, 0.15) is 17.7 Å². The number of nitrogens with zero attached hydrogens (tertiary/aromatic N) is 1. The number of pyridine rings is 1. The van der Waals surface area contributed by atoms with Gasteiger partial charge in [-0.1, -0.05) is 0 Å². The van der Waals surface area contributed by atoms with Crippen LogP contribution in [-0.2, 0) is 5.88 Å². The molecule has 0 fully saturated rings. The van der Waals surface area contributed by atoms with E-state index in [1.54, 1.807) is 0 Å². The number of halogens is 4. The molecule has 0 aliphatic heterocycles. The van der Waals surface area contributed by atoms with Crippen molar-refractivity contribution in [3.8, 4) is 5.88 Å². The minimum Gasteiger partial charge on any atom is -0.481 e. The Morgan fingerprint density at radius 1 is 1.57 bits per heavy atom. The molecule has 0 N–H and O–H groups in total. The van der Waals surface area contributed by atoms with Crippen molar-refractivity contribution in [1.82, 2.24) is 4.98 Å². The molecule has 0 unspecified atom stereocenters. The summed E-state index contributed by atoms with van der Waals surface area (Å²) in [7, 11) is 1.22. The van der Waals surface area contributed by atoms with Gasteiger partial charge in [0.05, 0.1) is 18.6 Å². The van der Waals surface area contributed by atoms with E-state index in [0.717, 1.165) is 0 Å². The van der Waals surface area contributed by atoms with Crippen molar-refractivity contribution < 1.29 is 17.9 Å². The second-order valence-electron chi connectivity index (χ2n) is 2.45. The molecule has 0 amide bonds. The summed E-state index contributed by atoms with van der Waals surface area (Å²) in [4.78, 5) is 3.43. The molecule has 1 aromatic heterocycles. The predicted molar refractivity (Wildman–Crippen MR) is 45.3 cm³/mol. The maximum Gasteiger partial charge on any atom is 0.280 e. The Kier molecular flexibility index (Phi) is 3.57. The maximum absolute atomic E-state index is 13.1. The van der Waals surface area contributed by atoms with E-state index < -0.39 is 17.9 Å². The monoisotopic (exact) mass is 225 g/mol. The first kappa shape index (κ1) is 11.1. The maximum atomic E-state index is 13.1. The molecule has 0 saturated heterocycles. The summed E-state index contributed by atoms with van der Waals surface area (Å²) in [6.45, 7) is 0. The van der Waals surface area contributed by atoms with Crippen LogP contribution in [0.25, 0.3) is 0 Å². The molecular weight excluding hydrogens is 219 g/mol. The summed E-state index contributed by atoms with van der Waals surface area (Å²) in [6.07, 6.45) is -2.83. The van der Waals surface area contributed by atoms with Gasteiger partial charge in [0.1, 0.15) is 11.5 Å². The van der Waals surface area contributed by atoms with Crippen LogP contribution in [0.4, 0.5) is 13.2 Å². The van der Waals surface area contributed by atoms with Gasteiger partial charge in [-0.3, -0.25) is 0 Å². The van der Waals surface area contributed by atoms with Gasteiger partial charge in [0.25, 0.3) is 6.43 Å². The average Bonchev–Trinajstić information content (AvgIpc) is 2.16. The van der Waals surface area contributed by atoms with Gasteiger partial charge in [0.15, 0.2) is 0 Å². The summed E-state index contributed by atoms with van der Waals surface area (Å²) in [5.41, 5.74) is -0.674. The normalized spacial score (nSPS) is 10.7. The molecule has 0 atom stereocenters. The summed E-state index contributed by atoms with van der Waals surface area (Å²) >= 11 is 5.40. The second kappa shape index (κ2) is 4.50. The number of aromatic nitrogens is 1. The molecule has 1 aromatic rings. The van der Waals surface area contributed by atoms with Gasteiger partial charge in [-0.05, 0) is 0 Å². The van der Waals surface area contributed by atoms with Gasteiger partial charge < -0.3 is 4.74 Å². The molecule has 0 aliphatic rings. The number of rotatable bonds is 3. The standard InChI is InChI=1S/C8H7ClF3NO/c1-14-8-4(3-9)5(10)2-6(13-8)7(11)12/h2,7H,3H2,1H3. The first-order valence-electron chi connectivity index (χ1n) is 3.67. The zero-order valence-corrected chi connectivity index (χ0v) is 7.99. The van der Waals surface area contributed by atoms with E-state index in [1.807, 2.05) is 0 Å². The Hall–Kier alpha value is -0.970. The number of methoxy groups -OCH3 is 1. The fourth-order valence-electron chi connectivity index (χ4n) is 0.938. The largest absolute Gasteiger partial charge is 0.481 e. The molecule has 6 heteroatoms. The van der Waals surface area contributed by atoms with Gasteiger partial charge in [0, 0.05) is 6.07 Å². The zero-order chi connectivity index (χ0) is 10.7. The molecule has 1 rings (SSSR count). The van der Waals surface area contributed by atoms with Crippen molar-refractivity contribution in [2.75, 3.05) is 7.11 Å². The van der Waals surface area contributed by atoms with Crippen LogP contribution in [0.5, 0.6) is 5.88 Å². The molecule has 78 valence electrons. The van der Waals surface area contributed by atoms with Gasteiger partial charge in [0.2, 0.25) is 5.88 Å². The molecule has 0 bridgehead atoms. The Morgan fingerprint density at radius 3 is 2.64 bits per heavy atom. The van der Waals surface area contributed by atoms with Crippen molar-refractivity contribution in [3.63, 3.8) is 0 Å². The average molecular weight is 226 g/mol. The Morgan fingerprint density at radius 2 is 2.21 bits per heavy atom. The molecule has 1 heterocycles. The first-order chi connectivity index (χ1) is 6.60. The fraction of sp³-hybridized carbons (Fsp3) is 0.375. The van der Waals surface area contributed by atoms with Crippen LogP contribution in [0.2, 0.25) is 0 Å². The molecule has 0 spiro atoms. The molecular formula is C8H7ClF3NO. The van der Waals surface area contributed by atoms with Crippen LogP contribution in [0.15, 0.2) is 6.07 Å². The smallest absolute Gasteiger partial charge is 0.280 e. The topological polar surface area (TPSA) is 22.1 Å². The van der Waals surface area contributed by atoms with Gasteiger partial charge in [-0.15, -0.1) is 11.6 Å². The Bertz CT molecular complexity index is 333. The van der Waals surface area contributed by atoms with Crippen molar-refractivity contribution in [3.05, 3.63) is 23.1 Å². The summed E-state index contributed by atoms with van der Waals surface area (Å²) in [6, 6.07) is 0.658. The third-order valence-electron chi connectivity index (χ3n) is 1.60. The predicted octanol–water partition coefficient (Wildman–Crippen LogP) is 2.91. The van der Waals surface area contributed by atoms with E-state index in [-0.39, 0.29) is 17.3 Å². The van der Waals surface area contributed by atoms with E-state index in [4.69, 9.17) is 11.6 Å². The third kappa shape index (κ3) is 2.09. The highest BCUT2D eigenvalue weighted by Crippen LogP contribution is 2.26. The van der Waals surface area contributed by atoms with Crippen LogP contribution < -0.4 is 4.74 Å². The highest BCUT2D eigenvalue weighted by Gasteiger charge is 2.17. The third-order valence-corrected chi connectivity index (χ3v) is 1.87. The number of alkyl halides is 3. The molecule has 2 nitrogen and oxygen atoms in total. The van der Waals surface area contributed by atoms with Crippen LogP contribution in [0, 0.1) is 5.82 Å². The van der Waals surface area contributed by atoms with E-state index in [1.165, 1.54) is 7.11 Å². The summed E-state index contributed by atoms with van der Waals surface area (Å²) in [5, 5.41) is 0. The van der Waals surface area contributed by atoms with Crippen molar-refractivity contribution in [2.24, 2.45) is 0 Å². The van der Waals surface area contributed by atoms with E-state index in [2.05, 4.69) is 9.72 Å². The lowest BCUT2D eigenvalue weighted by Crippen LogP contribution is -2.01. The van der Waals surface area contributed by atoms with E-state index in [0.29, 0.717) is 6.07 Å². The Labute approximate surface area is 83.7 Å². The van der Waals surface area contributed by atoms with E-state index >= 15 is 0 Å². The zero-order valence-electron chi connectivity index (χ0n) is 7.23.